The molecule has 1 aliphatic heterocycles. The van der Waals surface area contributed by atoms with E-state index in [9.17, 15) is 9.59 Å². The molecule has 0 aliphatic carbocycles. The Kier molecular flexibility index (Phi) is 6.28. The molecule has 1 N–H and O–H groups in total. The third-order valence-electron chi connectivity index (χ3n) is 4.76. The smallest absolute Gasteiger partial charge is 0.282 e. The van der Waals surface area contributed by atoms with Gasteiger partial charge in [-0.25, -0.2) is 4.90 Å². The Labute approximate surface area is 191 Å². The summed E-state index contributed by atoms with van der Waals surface area (Å²) < 4.78 is 11.4. The topological polar surface area (TPSA) is 67.9 Å². The standard InChI is InChI=1S/C25H24N2O4S/c1-4-30-20-9-6-5-8-19(20)26-23-22(21-10-7-15-32-21)24(28)27(25(23)29)17-11-13-18(14-12-17)31-16(2)3/h5-16,26H,4H2,1-3H3. The first-order valence-electron chi connectivity index (χ1n) is 10.4. The Morgan fingerprint density at radius 2 is 1.72 bits per heavy atom. The fraction of sp³-hybridized carbons (Fsp3) is 0.200. The lowest BCUT2D eigenvalue weighted by Gasteiger charge is -2.17. The number of ether oxygens (including phenoxy) is 2. The number of carbonyl (C=O) groups is 2. The van der Waals surface area contributed by atoms with Gasteiger partial charge in [0.2, 0.25) is 0 Å². The van der Waals surface area contributed by atoms with Gasteiger partial charge in [0.15, 0.2) is 0 Å². The van der Waals surface area contributed by atoms with Crippen LogP contribution in [0.5, 0.6) is 11.5 Å². The van der Waals surface area contributed by atoms with E-state index in [-0.39, 0.29) is 17.7 Å². The van der Waals surface area contributed by atoms with Crippen molar-refractivity contribution in [1.29, 1.82) is 0 Å². The van der Waals surface area contributed by atoms with Gasteiger partial charge in [0, 0.05) is 4.88 Å². The summed E-state index contributed by atoms with van der Waals surface area (Å²) in [6.45, 7) is 6.26. The van der Waals surface area contributed by atoms with Gasteiger partial charge in [-0.15, -0.1) is 11.3 Å². The molecule has 6 nitrogen and oxygen atoms in total. The first-order valence-corrected chi connectivity index (χ1v) is 11.3. The number of anilines is 2. The lowest BCUT2D eigenvalue weighted by molar-refractivity contribution is -0.120. The molecule has 0 saturated heterocycles. The maximum Gasteiger partial charge on any atom is 0.282 e. The van der Waals surface area contributed by atoms with Crippen LogP contribution in [-0.2, 0) is 9.59 Å². The molecule has 2 heterocycles. The summed E-state index contributed by atoms with van der Waals surface area (Å²) in [5.41, 5.74) is 1.69. The highest BCUT2D eigenvalue weighted by Gasteiger charge is 2.41. The third kappa shape index (κ3) is 4.24. The predicted octanol–water partition coefficient (Wildman–Crippen LogP) is 5.33. The fourth-order valence-electron chi connectivity index (χ4n) is 3.46. The van der Waals surface area contributed by atoms with Crippen LogP contribution >= 0.6 is 11.3 Å². The van der Waals surface area contributed by atoms with E-state index in [1.807, 2.05) is 62.5 Å². The van der Waals surface area contributed by atoms with Crippen molar-refractivity contribution in [2.24, 2.45) is 0 Å². The fourth-order valence-corrected chi connectivity index (χ4v) is 4.23. The molecule has 1 aromatic heterocycles. The van der Waals surface area contributed by atoms with Crippen LogP contribution in [0, 0.1) is 0 Å². The van der Waals surface area contributed by atoms with E-state index in [1.54, 1.807) is 24.3 Å². The van der Waals surface area contributed by atoms with Crippen LogP contribution in [0.3, 0.4) is 0 Å². The number of hydrogen-bond acceptors (Lipinski definition) is 6. The number of benzene rings is 2. The molecular weight excluding hydrogens is 424 g/mol. The van der Waals surface area contributed by atoms with Crippen LogP contribution in [-0.4, -0.2) is 24.5 Å². The van der Waals surface area contributed by atoms with Crippen LogP contribution < -0.4 is 19.7 Å². The molecule has 0 unspecified atom stereocenters. The molecule has 0 saturated carbocycles. The largest absolute Gasteiger partial charge is 0.492 e. The van der Waals surface area contributed by atoms with Crippen molar-refractivity contribution in [3.8, 4) is 11.5 Å². The van der Waals surface area contributed by atoms with Gasteiger partial charge in [0.1, 0.15) is 17.2 Å². The van der Waals surface area contributed by atoms with Crippen molar-refractivity contribution in [2.75, 3.05) is 16.8 Å². The van der Waals surface area contributed by atoms with Crippen molar-refractivity contribution < 1.29 is 19.1 Å². The Bertz CT molecular complexity index is 1150. The molecule has 0 bridgehead atoms. The second kappa shape index (κ2) is 9.28. The van der Waals surface area contributed by atoms with E-state index in [2.05, 4.69) is 5.32 Å². The average molecular weight is 449 g/mol. The van der Waals surface area contributed by atoms with E-state index >= 15 is 0 Å². The van der Waals surface area contributed by atoms with Crippen molar-refractivity contribution in [3.63, 3.8) is 0 Å². The number of rotatable bonds is 8. The van der Waals surface area contributed by atoms with Crippen molar-refractivity contribution >= 4 is 40.1 Å². The Morgan fingerprint density at radius 3 is 2.38 bits per heavy atom. The minimum atomic E-state index is -0.415. The lowest BCUT2D eigenvalue weighted by Crippen LogP contribution is -2.32. The predicted molar refractivity (Wildman–Crippen MR) is 127 cm³/mol. The molecule has 0 atom stereocenters. The van der Waals surface area contributed by atoms with Gasteiger partial charge in [-0.05, 0) is 68.6 Å². The van der Waals surface area contributed by atoms with Gasteiger partial charge in [0.05, 0.1) is 29.7 Å². The lowest BCUT2D eigenvalue weighted by atomic mass is 10.1. The zero-order valence-electron chi connectivity index (χ0n) is 18.1. The maximum atomic E-state index is 13.5. The summed E-state index contributed by atoms with van der Waals surface area (Å²) in [4.78, 5) is 28.8. The Hall–Kier alpha value is -3.58. The highest BCUT2D eigenvalue weighted by molar-refractivity contribution is 7.11. The number of hydrogen-bond donors (Lipinski definition) is 1. The number of nitrogens with zero attached hydrogens (tertiary/aromatic N) is 1. The highest BCUT2D eigenvalue weighted by atomic mass is 32.1. The molecule has 4 rings (SSSR count). The maximum absolute atomic E-state index is 13.5. The Balaban J connectivity index is 1.72. The second-order valence-electron chi connectivity index (χ2n) is 7.39. The molecule has 32 heavy (non-hydrogen) atoms. The van der Waals surface area contributed by atoms with Crippen LogP contribution in [0.2, 0.25) is 0 Å². The van der Waals surface area contributed by atoms with Crippen LogP contribution in [0.15, 0.2) is 71.7 Å². The monoisotopic (exact) mass is 448 g/mol. The molecule has 2 amide bonds. The van der Waals surface area contributed by atoms with Crippen molar-refractivity contribution in [1.82, 2.24) is 0 Å². The zero-order chi connectivity index (χ0) is 22.7. The number of carbonyl (C=O) groups excluding carboxylic acids is 2. The minimum absolute atomic E-state index is 0.0317. The number of imide groups is 1. The summed E-state index contributed by atoms with van der Waals surface area (Å²) in [7, 11) is 0. The summed E-state index contributed by atoms with van der Waals surface area (Å²) in [6, 6.07) is 18.0. The van der Waals surface area contributed by atoms with Gasteiger partial charge >= 0.3 is 0 Å². The zero-order valence-corrected chi connectivity index (χ0v) is 18.9. The van der Waals surface area contributed by atoms with Crippen molar-refractivity contribution in [3.05, 3.63) is 76.6 Å². The molecule has 0 spiro atoms. The molecule has 7 heteroatoms. The number of nitrogens with one attached hydrogen (secondary N) is 1. The molecule has 0 radical (unpaired) electrons. The quantitative estimate of drug-likeness (QED) is 0.472. The highest BCUT2D eigenvalue weighted by Crippen LogP contribution is 2.37. The summed E-state index contributed by atoms with van der Waals surface area (Å²) in [5, 5.41) is 5.06. The van der Waals surface area contributed by atoms with Gasteiger partial charge in [0.25, 0.3) is 11.8 Å². The first-order chi connectivity index (χ1) is 15.5. The number of thiophene rings is 1. The van der Waals surface area contributed by atoms with E-state index < -0.39 is 5.91 Å². The van der Waals surface area contributed by atoms with E-state index in [1.165, 1.54) is 16.2 Å². The van der Waals surface area contributed by atoms with Crippen LogP contribution in [0.1, 0.15) is 25.6 Å². The summed E-state index contributed by atoms with van der Waals surface area (Å²) in [5.74, 6) is 0.508. The van der Waals surface area contributed by atoms with Gasteiger partial charge in [-0.2, -0.15) is 0 Å². The van der Waals surface area contributed by atoms with Crippen molar-refractivity contribution in [2.45, 2.75) is 26.9 Å². The van der Waals surface area contributed by atoms with Crippen LogP contribution in [0.4, 0.5) is 11.4 Å². The van der Waals surface area contributed by atoms with E-state index in [0.29, 0.717) is 35.1 Å². The summed E-state index contributed by atoms with van der Waals surface area (Å²) >= 11 is 1.41. The number of amides is 2. The third-order valence-corrected chi connectivity index (χ3v) is 5.65. The Morgan fingerprint density at radius 1 is 0.969 bits per heavy atom. The second-order valence-corrected chi connectivity index (χ2v) is 8.34. The molecule has 1 aliphatic rings. The number of para-hydroxylation sites is 2. The molecule has 3 aromatic rings. The first kappa shape index (κ1) is 21.6. The SMILES string of the molecule is CCOc1ccccc1NC1=C(c2cccs2)C(=O)N(c2ccc(OC(C)C)cc2)C1=O. The minimum Gasteiger partial charge on any atom is -0.492 e. The van der Waals surface area contributed by atoms with E-state index in [0.717, 1.165) is 4.88 Å². The average Bonchev–Trinajstić information content (AvgIpc) is 3.37. The van der Waals surface area contributed by atoms with Gasteiger partial charge < -0.3 is 14.8 Å². The molecule has 2 aromatic carbocycles. The molecule has 164 valence electrons. The van der Waals surface area contributed by atoms with E-state index in [4.69, 9.17) is 9.47 Å². The van der Waals surface area contributed by atoms with Crippen LogP contribution in [0.25, 0.3) is 5.57 Å². The molecular formula is C25H24N2O4S. The van der Waals surface area contributed by atoms with Gasteiger partial charge in [-0.1, -0.05) is 18.2 Å². The summed E-state index contributed by atoms with van der Waals surface area (Å²) in [6.07, 6.45) is 0.0317. The normalized spacial score (nSPS) is 13.8. The van der Waals surface area contributed by atoms with Gasteiger partial charge in [-0.3, -0.25) is 9.59 Å². The molecule has 0 fully saturated rings.